The highest BCUT2D eigenvalue weighted by atomic mass is 32.2. The summed E-state index contributed by atoms with van der Waals surface area (Å²) >= 11 is 0. The smallest absolute Gasteiger partial charge is 0.264 e. The Morgan fingerprint density at radius 2 is 1.84 bits per heavy atom. The number of carbonyl (C=O) groups is 1. The molecule has 3 atom stereocenters. The van der Waals surface area contributed by atoms with Gasteiger partial charge in [-0.05, 0) is 55.4 Å². The van der Waals surface area contributed by atoms with Crippen molar-refractivity contribution in [1.29, 1.82) is 0 Å². The van der Waals surface area contributed by atoms with Crippen LogP contribution in [0.2, 0.25) is 0 Å². The Bertz CT molecular complexity index is 1040. The van der Waals surface area contributed by atoms with E-state index in [1.54, 1.807) is 36.4 Å². The van der Waals surface area contributed by atoms with Gasteiger partial charge in [-0.2, -0.15) is 0 Å². The molecule has 2 saturated carbocycles. The molecule has 0 aliphatic heterocycles. The zero-order chi connectivity index (χ0) is 22.0. The second kappa shape index (κ2) is 8.78. The van der Waals surface area contributed by atoms with Crippen LogP contribution in [0.15, 0.2) is 53.4 Å². The molecule has 2 aliphatic carbocycles. The lowest BCUT2D eigenvalue weighted by Gasteiger charge is -2.28. The molecular weight excluding hydrogens is 416 g/mol. The van der Waals surface area contributed by atoms with Crippen LogP contribution in [0.25, 0.3) is 0 Å². The summed E-state index contributed by atoms with van der Waals surface area (Å²) in [5, 5.41) is 3.08. The van der Waals surface area contributed by atoms with Gasteiger partial charge in [0.25, 0.3) is 10.0 Å². The first-order valence-electron chi connectivity index (χ1n) is 10.5. The third-order valence-electron chi connectivity index (χ3n) is 6.36. The molecule has 2 aromatic carbocycles. The summed E-state index contributed by atoms with van der Waals surface area (Å²) in [5.41, 5.74) is 0.258. The van der Waals surface area contributed by atoms with Gasteiger partial charge in [0, 0.05) is 12.1 Å². The van der Waals surface area contributed by atoms with E-state index < -0.39 is 10.0 Å². The van der Waals surface area contributed by atoms with E-state index in [-0.39, 0.29) is 29.1 Å². The fourth-order valence-corrected chi connectivity index (χ4v) is 6.26. The van der Waals surface area contributed by atoms with E-state index in [0.717, 1.165) is 23.6 Å². The third kappa shape index (κ3) is 4.35. The van der Waals surface area contributed by atoms with Crippen molar-refractivity contribution in [3.8, 4) is 11.5 Å². The lowest BCUT2D eigenvalue weighted by Crippen LogP contribution is -2.46. The fraction of sp³-hybridized carbons (Fsp3) is 0.435. The Hall–Kier alpha value is -2.74. The number of anilines is 1. The van der Waals surface area contributed by atoms with Gasteiger partial charge in [0.05, 0.1) is 24.8 Å². The molecule has 8 heteroatoms. The van der Waals surface area contributed by atoms with E-state index in [2.05, 4.69) is 5.32 Å². The molecule has 2 aromatic rings. The second-order valence-corrected chi connectivity index (χ2v) is 10.1. The first-order valence-corrected chi connectivity index (χ1v) is 12.0. The highest BCUT2D eigenvalue weighted by Crippen LogP contribution is 2.44. The van der Waals surface area contributed by atoms with Crippen molar-refractivity contribution in [3.05, 3.63) is 48.5 Å². The van der Waals surface area contributed by atoms with Crippen LogP contribution < -0.4 is 19.1 Å². The van der Waals surface area contributed by atoms with E-state index in [1.807, 2.05) is 0 Å². The van der Waals surface area contributed by atoms with Crippen molar-refractivity contribution in [2.24, 2.45) is 11.8 Å². The van der Waals surface area contributed by atoms with Crippen molar-refractivity contribution in [2.75, 3.05) is 25.1 Å². The average Bonchev–Trinajstić information content (AvgIpc) is 3.41. The number of sulfonamides is 1. The Morgan fingerprint density at radius 3 is 2.45 bits per heavy atom. The molecule has 1 N–H and O–H groups in total. The third-order valence-corrected chi connectivity index (χ3v) is 8.13. The number of fused-ring (bicyclic) bond motifs is 2. The van der Waals surface area contributed by atoms with Gasteiger partial charge in [0.2, 0.25) is 5.91 Å². The second-order valence-electron chi connectivity index (χ2n) is 8.21. The molecule has 166 valence electrons. The van der Waals surface area contributed by atoms with Crippen LogP contribution in [-0.2, 0) is 14.8 Å². The van der Waals surface area contributed by atoms with Crippen molar-refractivity contribution < 1.29 is 22.7 Å². The van der Waals surface area contributed by atoms with Gasteiger partial charge >= 0.3 is 0 Å². The molecular formula is C23H28N2O5S. The maximum Gasteiger partial charge on any atom is 0.264 e. The van der Waals surface area contributed by atoms with Gasteiger partial charge < -0.3 is 14.8 Å². The molecule has 0 saturated heterocycles. The fourth-order valence-electron chi connectivity index (χ4n) is 4.82. The zero-order valence-electron chi connectivity index (χ0n) is 17.8. The minimum atomic E-state index is -4.01. The molecule has 0 spiro atoms. The van der Waals surface area contributed by atoms with Crippen LogP contribution in [0.5, 0.6) is 11.5 Å². The van der Waals surface area contributed by atoms with Gasteiger partial charge in [-0.3, -0.25) is 9.10 Å². The summed E-state index contributed by atoms with van der Waals surface area (Å²) in [5.74, 6) is 1.67. The Balaban J connectivity index is 1.67. The van der Waals surface area contributed by atoms with Crippen molar-refractivity contribution in [2.45, 2.75) is 36.6 Å². The molecule has 1 amide bonds. The molecule has 0 aromatic heterocycles. The Morgan fingerprint density at radius 1 is 1.06 bits per heavy atom. The molecule has 2 fully saturated rings. The summed E-state index contributed by atoms with van der Waals surface area (Å²) in [6.45, 7) is -0.339. The van der Waals surface area contributed by atoms with Crippen LogP contribution >= 0.6 is 0 Å². The normalized spacial score (nSPS) is 22.2. The monoisotopic (exact) mass is 444 g/mol. The summed E-state index contributed by atoms with van der Waals surface area (Å²) in [4.78, 5) is 13.1. The van der Waals surface area contributed by atoms with Crippen LogP contribution in [0.4, 0.5) is 5.69 Å². The summed E-state index contributed by atoms with van der Waals surface area (Å²) < 4.78 is 38.9. The average molecular weight is 445 g/mol. The summed E-state index contributed by atoms with van der Waals surface area (Å²) in [7, 11) is -1.04. The number of rotatable bonds is 8. The summed E-state index contributed by atoms with van der Waals surface area (Å²) in [6.07, 6.45) is 4.49. The standard InChI is InChI=1S/C23H28N2O5S/c1-29-18-10-11-22(30-2)21(14-18)25(31(27,28)19-6-4-3-5-7-19)15-23(26)24-20-13-16-8-9-17(20)12-16/h3-7,10-11,14,16-17,20H,8-9,12-13,15H2,1-2H3,(H,24,26)/t16-,17-,20-/m0/s1. The van der Waals surface area contributed by atoms with Gasteiger partial charge in [0.15, 0.2) is 0 Å². The Labute approximate surface area is 183 Å². The Kier molecular flexibility index (Phi) is 6.09. The molecule has 2 aliphatic rings. The topological polar surface area (TPSA) is 84.9 Å². The van der Waals surface area contributed by atoms with E-state index in [9.17, 15) is 13.2 Å². The van der Waals surface area contributed by atoms with E-state index in [4.69, 9.17) is 9.47 Å². The highest BCUT2D eigenvalue weighted by Gasteiger charge is 2.40. The summed E-state index contributed by atoms with van der Waals surface area (Å²) in [6, 6.07) is 13.1. The molecule has 4 rings (SSSR count). The van der Waals surface area contributed by atoms with Crippen LogP contribution in [0, 0.1) is 11.8 Å². The van der Waals surface area contributed by atoms with Gasteiger partial charge in [0.1, 0.15) is 18.0 Å². The molecule has 0 heterocycles. The lowest BCUT2D eigenvalue weighted by molar-refractivity contribution is -0.120. The first-order chi connectivity index (χ1) is 14.9. The highest BCUT2D eigenvalue weighted by molar-refractivity contribution is 7.92. The van der Waals surface area contributed by atoms with Crippen molar-refractivity contribution >= 4 is 21.6 Å². The maximum atomic E-state index is 13.6. The quantitative estimate of drug-likeness (QED) is 0.676. The molecule has 2 bridgehead atoms. The number of benzene rings is 2. The SMILES string of the molecule is COc1ccc(OC)c(N(CC(=O)N[C@H]2C[C@H]3CC[C@H]2C3)S(=O)(=O)c2ccccc2)c1. The van der Waals surface area contributed by atoms with E-state index in [0.29, 0.717) is 23.3 Å². The van der Waals surface area contributed by atoms with Crippen LogP contribution in [0.3, 0.4) is 0 Å². The van der Waals surface area contributed by atoms with Crippen molar-refractivity contribution in [3.63, 3.8) is 0 Å². The number of methoxy groups -OCH3 is 2. The lowest BCUT2D eigenvalue weighted by atomic mass is 9.95. The molecule has 31 heavy (non-hydrogen) atoms. The number of nitrogens with one attached hydrogen (secondary N) is 1. The van der Waals surface area contributed by atoms with Crippen LogP contribution in [-0.4, -0.2) is 41.1 Å². The number of hydrogen-bond donors (Lipinski definition) is 1. The largest absolute Gasteiger partial charge is 0.497 e. The number of amides is 1. The molecule has 0 radical (unpaired) electrons. The zero-order valence-corrected chi connectivity index (χ0v) is 18.6. The van der Waals surface area contributed by atoms with E-state index >= 15 is 0 Å². The molecule has 7 nitrogen and oxygen atoms in total. The minimum absolute atomic E-state index is 0.104. The predicted octanol–water partition coefficient (Wildman–Crippen LogP) is 3.20. The van der Waals surface area contributed by atoms with Crippen LogP contribution in [0.1, 0.15) is 25.7 Å². The number of nitrogens with zero attached hydrogens (tertiary/aromatic N) is 1. The van der Waals surface area contributed by atoms with Crippen molar-refractivity contribution in [1.82, 2.24) is 5.32 Å². The number of carbonyl (C=O) groups excluding carboxylic acids is 1. The maximum absolute atomic E-state index is 13.6. The van der Waals surface area contributed by atoms with Gasteiger partial charge in [-0.15, -0.1) is 0 Å². The number of hydrogen-bond acceptors (Lipinski definition) is 5. The molecule has 0 unspecified atom stereocenters. The minimum Gasteiger partial charge on any atom is -0.497 e. The first kappa shape index (κ1) is 21.5. The number of ether oxygens (including phenoxy) is 2. The van der Waals surface area contributed by atoms with E-state index in [1.165, 1.54) is 32.8 Å². The van der Waals surface area contributed by atoms with Gasteiger partial charge in [-0.25, -0.2) is 8.42 Å². The predicted molar refractivity (Wildman–Crippen MR) is 118 cm³/mol. The van der Waals surface area contributed by atoms with Gasteiger partial charge in [-0.1, -0.05) is 24.6 Å².